The van der Waals surface area contributed by atoms with Gasteiger partial charge >= 0.3 is 0 Å². The fourth-order valence-corrected chi connectivity index (χ4v) is 3.05. The average Bonchev–Trinajstić information content (AvgIpc) is 2.37. The van der Waals surface area contributed by atoms with Crippen LogP contribution in [0.2, 0.25) is 0 Å². The van der Waals surface area contributed by atoms with Gasteiger partial charge in [-0.15, -0.1) is 6.42 Å². The molecule has 1 atom stereocenters. The molecule has 0 aliphatic heterocycles. The van der Waals surface area contributed by atoms with Crippen LogP contribution in [0.1, 0.15) is 33.6 Å². The van der Waals surface area contributed by atoms with Gasteiger partial charge in [0, 0.05) is 11.7 Å². The van der Waals surface area contributed by atoms with Crippen molar-refractivity contribution >= 4 is 15.7 Å². The number of rotatable bonds is 7. The molecular weight excluding hydrogens is 272 g/mol. The minimum Gasteiger partial charge on any atom is -0.372 e. The minimum atomic E-state index is -3.44. The maximum absolute atomic E-state index is 12.0. The molecule has 5 heteroatoms. The van der Waals surface area contributed by atoms with Gasteiger partial charge in [0.15, 0.2) is 0 Å². The van der Waals surface area contributed by atoms with Gasteiger partial charge in [0.05, 0.1) is 10.9 Å². The smallest absolute Gasteiger partial charge is 0.240 e. The molecule has 0 aromatic heterocycles. The molecule has 0 amide bonds. The highest BCUT2D eigenvalue weighted by Crippen LogP contribution is 2.16. The topological polar surface area (TPSA) is 58.2 Å². The van der Waals surface area contributed by atoms with Crippen molar-refractivity contribution in [3.63, 3.8) is 0 Å². The molecule has 0 radical (unpaired) electrons. The molecule has 0 saturated carbocycles. The van der Waals surface area contributed by atoms with Crippen molar-refractivity contribution in [2.24, 2.45) is 0 Å². The minimum absolute atomic E-state index is 0.0313. The van der Waals surface area contributed by atoms with Crippen LogP contribution in [0.4, 0.5) is 5.69 Å². The molecule has 110 valence electrons. The van der Waals surface area contributed by atoms with Gasteiger partial charge in [-0.1, -0.05) is 19.3 Å². The zero-order chi connectivity index (χ0) is 15.2. The van der Waals surface area contributed by atoms with E-state index >= 15 is 0 Å². The van der Waals surface area contributed by atoms with Crippen molar-refractivity contribution in [2.75, 3.05) is 5.32 Å². The van der Waals surface area contributed by atoms with Crippen molar-refractivity contribution in [3.8, 4) is 12.3 Å². The Morgan fingerprint density at radius 1 is 1.25 bits per heavy atom. The summed E-state index contributed by atoms with van der Waals surface area (Å²) in [4.78, 5) is 0.254. The average molecular weight is 294 g/mol. The van der Waals surface area contributed by atoms with Crippen LogP contribution in [0.3, 0.4) is 0 Å². The number of nitrogens with one attached hydrogen (secondary N) is 2. The lowest BCUT2D eigenvalue weighted by Gasteiger charge is -2.14. The number of sulfonamides is 1. The molecule has 0 bridgehead atoms. The Morgan fingerprint density at radius 3 is 2.30 bits per heavy atom. The summed E-state index contributed by atoms with van der Waals surface area (Å²) in [6.07, 6.45) is 7.32. The van der Waals surface area contributed by atoms with Crippen molar-refractivity contribution in [1.29, 1.82) is 0 Å². The van der Waals surface area contributed by atoms with E-state index < -0.39 is 10.0 Å². The number of anilines is 1. The molecule has 0 heterocycles. The Morgan fingerprint density at radius 2 is 1.85 bits per heavy atom. The molecule has 0 spiro atoms. The zero-order valence-electron chi connectivity index (χ0n) is 12.2. The second kappa shape index (κ2) is 7.32. The Labute approximate surface area is 122 Å². The van der Waals surface area contributed by atoms with Crippen LogP contribution < -0.4 is 10.0 Å². The summed E-state index contributed by atoms with van der Waals surface area (Å²) >= 11 is 0. The van der Waals surface area contributed by atoms with Gasteiger partial charge in [-0.05, 0) is 44.5 Å². The first-order valence-electron chi connectivity index (χ1n) is 6.74. The van der Waals surface area contributed by atoms with Crippen LogP contribution in [0.25, 0.3) is 0 Å². The summed E-state index contributed by atoms with van der Waals surface area (Å²) in [7, 11) is -3.44. The number of hydrogen-bond acceptors (Lipinski definition) is 3. The lowest BCUT2D eigenvalue weighted by Crippen LogP contribution is -2.30. The molecule has 0 saturated heterocycles. The molecule has 2 N–H and O–H groups in total. The number of terminal acetylenes is 1. The number of hydrogen-bond donors (Lipinski definition) is 2. The van der Waals surface area contributed by atoms with Crippen molar-refractivity contribution in [3.05, 3.63) is 24.3 Å². The van der Waals surface area contributed by atoms with Crippen LogP contribution in [0.5, 0.6) is 0 Å². The third-order valence-corrected chi connectivity index (χ3v) is 4.35. The molecule has 1 rings (SSSR count). The van der Waals surface area contributed by atoms with Gasteiger partial charge in [0.2, 0.25) is 10.0 Å². The van der Waals surface area contributed by atoms with Crippen molar-refractivity contribution in [2.45, 2.75) is 50.6 Å². The maximum atomic E-state index is 12.0. The summed E-state index contributed by atoms with van der Waals surface area (Å²) in [6.45, 7) is 5.64. The Bertz CT molecular complexity index is 557. The van der Waals surface area contributed by atoms with E-state index in [0.717, 1.165) is 18.5 Å². The van der Waals surface area contributed by atoms with E-state index in [-0.39, 0.29) is 17.0 Å². The van der Waals surface area contributed by atoms with Gasteiger partial charge in [-0.3, -0.25) is 0 Å². The molecule has 1 aromatic carbocycles. The molecule has 0 fully saturated rings. The summed E-state index contributed by atoms with van der Waals surface area (Å²) in [5, 5.41) is 3.20. The first kappa shape index (κ1) is 16.5. The van der Waals surface area contributed by atoms with E-state index in [1.807, 2.05) is 0 Å². The van der Waals surface area contributed by atoms with Gasteiger partial charge in [-0.25, -0.2) is 13.1 Å². The largest absolute Gasteiger partial charge is 0.372 e. The predicted octanol–water partition coefficient (Wildman–Crippen LogP) is 2.59. The maximum Gasteiger partial charge on any atom is 0.240 e. The summed E-state index contributed by atoms with van der Waals surface area (Å²) in [5.74, 6) is 2.68. The second-order valence-corrected chi connectivity index (χ2v) is 6.67. The molecular formula is C15H22N2O2S. The van der Waals surface area contributed by atoms with E-state index in [2.05, 4.69) is 22.9 Å². The van der Waals surface area contributed by atoms with Gasteiger partial charge in [0.25, 0.3) is 0 Å². The number of benzene rings is 1. The lowest BCUT2D eigenvalue weighted by molar-refractivity contribution is 0.570. The first-order valence-corrected chi connectivity index (χ1v) is 8.22. The second-order valence-electron chi connectivity index (χ2n) is 4.95. The Balaban J connectivity index is 2.82. The van der Waals surface area contributed by atoms with Gasteiger partial charge in [0.1, 0.15) is 0 Å². The van der Waals surface area contributed by atoms with Crippen LogP contribution in [0, 0.1) is 12.3 Å². The van der Waals surface area contributed by atoms with E-state index in [9.17, 15) is 8.42 Å². The third kappa shape index (κ3) is 4.87. The molecule has 1 aromatic rings. The molecule has 20 heavy (non-hydrogen) atoms. The normalized spacial score (nSPS) is 12.9. The van der Waals surface area contributed by atoms with Gasteiger partial charge < -0.3 is 5.32 Å². The fourth-order valence-electron chi connectivity index (χ4n) is 1.80. The van der Waals surface area contributed by atoms with E-state index in [4.69, 9.17) is 6.42 Å². The fraction of sp³-hybridized carbons (Fsp3) is 0.467. The standard InChI is InChI=1S/C15H22N2O2S/c1-5-7-13(6-2)16-14-8-10-15(11-9-14)20(18,19)17-12(3)4/h2,8-13,16-17H,5,7H2,1,3-4H3. The van der Waals surface area contributed by atoms with E-state index in [1.165, 1.54) is 0 Å². The molecule has 1 unspecified atom stereocenters. The Kier molecular flexibility index (Phi) is 6.05. The molecule has 0 aliphatic carbocycles. The van der Waals surface area contributed by atoms with Gasteiger partial charge in [-0.2, -0.15) is 0 Å². The van der Waals surface area contributed by atoms with Crippen molar-refractivity contribution < 1.29 is 8.42 Å². The zero-order valence-corrected chi connectivity index (χ0v) is 13.0. The Hall–Kier alpha value is -1.51. The third-order valence-electron chi connectivity index (χ3n) is 2.67. The van der Waals surface area contributed by atoms with Crippen LogP contribution in [-0.2, 0) is 10.0 Å². The van der Waals surface area contributed by atoms with Crippen LogP contribution in [-0.4, -0.2) is 20.5 Å². The summed E-state index contributed by atoms with van der Waals surface area (Å²) in [6, 6.07) is 6.45. The monoisotopic (exact) mass is 294 g/mol. The summed E-state index contributed by atoms with van der Waals surface area (Å²) < 4.78 is 26.5. The van der Waals surface area contributed by atoms with E-state index in [0.29, 0.717) is 0 Å². The van der Waals surface area contributed by atoms with Crippen LogP contribution in [0.15, 0.2) is 29.2 Å². The predicted molar refractivity (Wildman–Crippen MR) is 83.1 cm³/mol. The molecule has 0 aliphatic rings. The SMILES string of the molecule is C#CC(CCC)Nc1ccc(S(=O)(=O)NC(C)C)cc1. The quantitative estimate of drug-likeness (QED) is 0.760. The summed E-state index contributed by atoms with van der Waals surface area (Å²) in [5.41, 5.74) is 0.824. The highest BCUT2D eigenvalue weighted by atomic mass is 32.2. The highest BCUT2D eigenvalue weighted by molar-refractivity contribution is 7.89. The first-order chi connectivity index (χ1) is 9.39. The highest BCUT2D eigenvalue weighted by Gasteiger charge is 2.15. The molecule has 4 nitrogen and oxygen atoms in total. The lowest BCUT2D eigenvalue weighted by atomic mass is 10.1. The van der Waals surface area contributed by atoms with E-state index in [1.54, 1.807) is 38.1 Å². The van der Waals surface area contributed by atoms with Crippen LogP contribution >= 0.6 is 0 Å². The van der Waals surface area contributed by atoms with Crippen molar-refractivity contribution in [1.82, 2.24) is 4.72 Å².